The molecule has 0 aliphatic heterocycles. The molecule has 5 nitrogen and oxygen atoms in total. The maximum atomic E-state index is 11.7. The molecular weight excluding hydrogens is 374 g/mol. The van der Waals surface area contributed by atoms with Crippen molar-refractivity contribution in [1.29, 1.82) is 0 Å². The second kappa shape index (κ2) is 8.04. The molecule has 5 unspecified atom stereocenters. The van der Waals surface area contributed by atoms with Crippen molar-refractivity contribution in [2.24, 2.45) is 63.5 Å². The third kappa shape index (κ3) is 3.34. The van der Waals surface area contributed by atoms with E-state index in [1.165, 1.54) is 26.4 Å². The molecule has 30 heavy (non-hydrogen) atoms. The van der Waals surface area contributed by atoms with E-state index < -0.39 is 0 Å². The molecule has 0 saturated heterocycles. The van der Waals surface area contributed by atoms with Gasteiger partial charge in [-0.1, -0.05) is 20.8 Å². The minimum Gasteiger partial charge on any atom is -0.469 e. The van der Waals surface area contributed by atoms with Crippen LogP contribution in [0.4, 0.5) is 0 Å². The summed E-state index contributed by atoms with van der Waals surface area (Å²) in [6.07, 6.45) is 9.63. The highest BCUT2D eigenvalue weighted by Crippen LogP contribution is 2.67. The minimum absolute atomic E-state index is 0.0988. The fourth-order valence-corrected chi connectivity index (χ4v) is 9.02. The van der Waals surface area contributed by atoms with Crippen LogP contribution in [0.15, 0.2) is 0 Å². The molecule has 0 amide bonds. The van der Waals surface area contributed by atoms with Crippen LogP contribution >= 0.6 is 0 Å². The molecule has 0 spiro atoms. The Labute approximate surface area is 183 Å². The van der Waals surface area contributed by atoms with Crippen LogP contribution in [0.1, 0.15) is 78.6 Å². The summed E-state index contributed by atoms with van der Waals surface area (Å²) in [5, 5.41) is 0. The van der Waals surface area contributed by atoms with Crippen LogP contribution in [-0.2, 0) is 9.53 Å². The van der Waals surface area contributed by atoms with E-state index >= 15 is 0 Å². The van der Waals surface area contributed by atoms with Gasteiger partial charge in [0.25, 0.3) is 0 Å². The van der Waals surface area contributed by atoms with Gasteiger partial charge in [-0.15, -0.1) is 0 Å². The number of carbonyl (C=O) groups excluding carboxylic acids is 1. The molecule has 0 aromatic heterocycles. The zero-order chi connectivity index (χ0) is 21.8. The topological polar surface area (TPSA) is 104 Å². The molecule has 0 heterocycles. The largest absolute Gasteiger partial charge is 0.469 e. The van der Waals surface area contributed by atoms with Crippen LogP contribution < -0.4 is 17.2 Å². The molecule has 4 saturated carbocycles. The summed E-state index contributed by atoms with van der Waals surface area (Å²) in [7, 11) is 1.48. The van der Waals surface area contributed by atoms with Crippen molar-refractivity contribution < 1.29 is 9.53 Å². The lowest BCUT2D eigenvalue weighted by atomic mass is 9.42. The van der Waals surface area contributed by atoms with Crippen molar-refractivity contribution in [3.05, 3.63) is 0 Å². The summed E-state index contributed by atoms with van der Waals surface area (Å²) in [5.74, 6) is 3.45. The normalized spacial score (nSPS) is 51.4. The van der Waals surface area contributed by atoms with Gasteiger partial charge >= 0.3 is 5.97 Å². The van der Waals surface area contributed by atoms with Crippen molar-refractivity contribution in [1.82, 2.24) is 0 Å². The smallest absolute Gasteiger partial charge is 0.305 e. The summed E-state index contributed by atoms with van der Waals surface area (Å²) >= 11 is 0. The molecule has 4 aliphatic rings. The van der Waals surface area contributed by atoms with Gasteiger partial charge in [0, 0.05) is 24.5 Å². The standard InChI is InChI=1S/C25H45N3O2/c1-14(5-8-22(29)30-4)17-6-7-18-23-19(13-21(28)25(17,18)3)24(2)10-9-16(26)11-15(24)12-20(23)27/h14-21,23H,5-13,26-28H2,1-4H3/t14-,15+,16+,17?,18+,19?,20-,21?,23-,24?,25?/m1/s1. The lowest BCUT2D eigenvalue weighted by Crippen LogP contribution is -2.65. The van der Waals surface area contributed by atoms with Gasteiger partial charge in [-0.2, -0.15) is 0 Å². The van der Waals surface area contributed by atoms with Crippen LogP contribution in [0.2, 0.25) is 0 Å². The van der Waals surface area contributed by atoms with Gasteiger partial charge in [0.1, 0.15) is 0 Å². The Morgan fingerprint density at radius 1 is 1.07 bits per heavy atom. The molecule has 0 aromatic rings. The van der Waals surface area contributed by atoms with Crippen molar-refractivity contribution in [3.8, 4) is 0 Å². The third-order valence-corrected chi connectivity index (χ3v) is 10.8. The van der Waals surface area contributed by atoms with E-state index in [0.29, 0.717) is 53.4 Å². The Morgan fingerprint density at radius 2 is 1.80 bits per heavy atom. The van der Waals surface area contributed by atoms with Crippen LogP contribution in [0.5, 0.6) is 0 Å². The monoisotopic (exact) mass is 419 g/mol. The van der Waals surface area contributed by atoms with Gasteiger partial charge in [-0.25, -0.2) is 0 Å². The van der Waals surface area contributed by atoms with E-state index in [-0.39, 0.29) is 23.5 Å². The molecule has 4 aliphatic carbocycles. The number of hydrogen-bond donors (Lipinski definition) is 3. The second-order valence-electron chi connectivity index (χ2n) is 11.9. The number of methoxy groups -OCH3 is 1. The van der Waals surface area contributed by atoms with E-state index in [0.717, 1.165) is 32.1 Å². The highest BCUT2D eigenvalue weighted by atomic mass is 16.5. The van der Waals surface area contributed by atoms with Gasteiger partial charge in [0.2, 0.25) is 0 Å². The molecule has 0 aromatic carbocycles. The molecule has 0 bridgehead atoms. The first-order valence-electron chi connectivity index (χ1n) is 12.5. The number of hydrogen-bond acceptors (Lipinski definition) is 5. The molecule has 6 N–H and O–H groups in total. The lowest BCUT2D eigenvalue weighted by molar-refractivity contribution is -0.142. The van der Waals surface area contributed by atoms with Gasteiger partial charge in [0.05, 0.1) is 7.11 Å². The van der Waals surface area contributed by atoms with Crippen LogP contribution in [0.3, 0.4) is 0 Å². The Balaban J connectivity index is 1.58. The van der Waals surface area contributed by atoms with Crippen LogP contribution in [0, 0.1) is 46.3 Å². The van der Waals surface area contributed by atoms with Gasteiger partial charge in [0.15, 0.2) is 0 Å². The summed E-state index contributed by atoms with van der Waals surface area (Å²) in [5.41, 5.74) is 20.9. The van der Waals surface area contributed by atoms with E-state index in [1.807, 2.05) is 0 Å². The average Bonchev–Trinajstić information content (AvgIpc) is 3.06. The molecule has 11 atom stereocenters. The Hall–Kier alpha value is -0.650. The fourth-order valence-electron chi connectivity index (χ4n) is 9.02. The Morgan fingerprint density at radius 3 is 2.50 bits per heavy atom. The molecule has 4 fully saturated rings. The zero-order valence-corrected chi connectivity index (χ0v) is 19.6. The van der Waals surface area contributed by atoms with Gasteiger partial charge < -0.3 is 21.9 Å². The van der Waals surface area contributed by atoms with E-state index in [1.54, 1.807) is 0 Å². The fraction of sp³-hybridized carbons (Fsp3) is 0.960. The quantitative estimate of drug-likeness (QED) is 0.606. The van der Waals surface area contributed by atoms with E-state index in [4.69, 9.17) is 21.9 Å². The first-order chi connectivity index (χ1) is 14.1. The average molecular weight is 420 g/mol. The minimum atomic E-state index is -0.0988. The summed E-state index contributed by atoms with van der Waals surface area (Å²) in [4.78, 5) is 11.7. The first-order valence-corrected chi connectivity index (χ1v) is 12.5. The summed E-state index contributed by atoms with van der Waals surface area (Å²) < 4.78 is 4.88. The predicted octanol–water partition coefficient (Wildman–Crippen LogP) is 3.44. The second-order valence-corrected chi connectivity index (χ2v) is 11.9. The number of fused-ring (bicyclic) bond motifs is 5. The third-order valence-electron chi connectivity index (χ3n) is 10.8. The Bertz CT molecular complexity index is 656. The molecule has 0 radical (unpaired) electrons. The summed E-state index contributed by atoms with van der Waals surface area (Å²) in [6.45, 7) is 7.32. The predicted molar refractivity (Wildman–Crippen MR) is 120 cm³/mol. The number of ether oxygens (including phenoxy) is 1. The van der Waals surface area contributed by atoms with Crippen LogP contribution in [-0.4, -0.2) is 31.2 Å². The lowest BCUT2D eigenvalue weighted by Gasteiger charge is -2.64. The zero-order valence-electron chi connectivity index (χ0n) is 19.6. The molecule has 172 valence electrons. The SMILES string of the molecule is COC(=O)CC[C@@H](C)C1CC[C@H]2[C@@H]3C(CC(N)C12C)C1(C)CC[C@H](N)C[C@H]1C[C@H]3N. The van der Waals surface area contributed by atoms with Crippen molar-refractivity contribution in [3.63, 3.8) is 0 Å². The van der Waals surface area contributed by atoms with Crippen molar-refractivity contribution in [2.75, 3.05) is 7.11 Å². The first kappa shape index (κ1) is 22.5. The summed E-state index contributed by atoms with van der Waals surface area (Å²) in [6, 6.07) is 0.843. The van der Waals surface area contributed by atoms with Gasteiger partial charge in [-0.05, 0) is 97.7 Å². The Kier molecular flexibility index (Phi) is 6.04. The number of nitrogens with two attached hydrogens (primary N) is 3. The number of carbonyl (C=O) groups is 1. The van der Waals surface area contributed by atoms with Crippen LogP contribution in [0.25, 0.3) is 0 Å². The highest BCUT2D eigenvalue weighted by Gasteiger charge is 2.64. The van der Waals surface area contributed by atoms with Crippen molar-refractivity contribution in [2.45, 2.75) is 96.7 Å². The molecule has 4 rings (SSSR count). The van der Waals surface area contributed by atoms with E-state index in [2.05, 4.69) is 20.8 Å². The number of rotatable bonds is 4. The highest BCUT2D eigenvalue weighted by molar-refractivity contribution is 5.69. The maximum absolute atomic E-state index is 11.7. The maximum Gasteiger partial charge on any atom is 0.305 e. The van der Waals surface area contributed by atoms with E-state index in [9.17, 15) is 4.79 Å². The number of esters is 1. The molecule has 5 heteroatoms. The molecular formula is C25H45N3O2. The van der Waals surface area contributed by atoms with Crippen molar-refractivity contribution >= 4 is 5.97 Å². The van der Waals surface area contributed by atoms with Gasteiger partial charge in [-0.3, -0.25) is 4.79 Å².